The van der Waals surface area contributed by atoms with Gasteiger partial charge in [-0.05, 0) is 30.0 Å². The van der Waals surface area contributed by atoms with Gasteiger partial charge in [0, 0.05) is 18.8 Å². The Balaban J connectivity index is 2.42. The van der Waals surface area contributed by atoms with Gasteiger partial charge in [0.25, 0.3) is 5.56 Å². The maximum Gasteiger partial charge on any atom is 0.258 e. The van der Waals surface area contributed by atoms with Crippen LogP contribution < -0.4 is 5.56 Å². The molecule has 2 aromatic carbocycles. The summed E-state index contributed by atoms with van der Waals surface area (Å²) in [7, 11) is 1.69. The van der Waals surface area contributed by atoms with Gasteiger partial charge in [-0.2, -0.15) is 0 Å². The van der Waals surface area contributed by atoms with Gasteiger partial charge in [-0.25, -0.2) is 4.39 Å². The molecule has 3 aromatic rings. The highest BCUT2D eigenvalue weighted by atomic mass is 19.1. The number of hydrogen-bond donors (Lipinski definition) is 0. The van der Waals surface area contributed by atoms with Crippen LogP contribution in [0.25, 0.3) is 21.9 Å². The lowest BCUT2D eigenvalue weighted by atomic mass is 9.99. The number of nitrogens with zero attached hydrogens (tertiary/aromatic N) is 1. The molecule has 0 N–H and O–H groups in total. The smallest absolute Gasteiger partial charge is 0.258 e. The lowest BCUT2D eigenvalue weighted by Crippen LogP contribution is -2.16. The van der Waals surface area contributed by atoms with E-state index in [1.807, 2.05) is 25.1 Å². The fourth-order valence-electron chi connectivity index (χ4n) is 2.48. The van der Waals surface area contributed by atoms with Crippen LogP contribution in [0.4, 0.5) is 4.39 Å². The summed E-state index contributed by atoms with van der Waals surface area (Å²) in [6.07, 6.45) is 1.80. The topological polar surface area (TPSA) is 22.0 Å². The molecule has 0 fully saturated rings. The Kier molecular flexibility index (Phi) is 2.90. The third-order valence-electron chi connectivity index (χ3n) is 3.47. The van der Waals surface area contributed by atoms with Crippen LogP contribution in [0.2, 0.25) is 0 Å². The average molecular weight is 267 g/mol. The van der Waals surface area contributed by atoms with Crippen LogP contribution in [-0.4, -0.2) is 4.57 Å². The van der Waals surface area contributed by atoms with Crippen LogP contribution in [-0.2, 0) is 7.05 Å². The van der Waals surface area contributed by atoms with Crippen molar-refractivity contribution in [1.82, 2.24) is 4.57 Å². The Labute approximate surface area is 116 Å². The minimum Gasteiger partial charge on any atom is -0.317 e. The van der Waals surface area contributed by atoms with E-state index >= 15 is 0 Å². The van der Waals surface area contributed by atoms with Gasteiger partial charge < -0.3 is 4.57 Å². The third kappa shape index (κ3) is 2.01. The molecule has 1 heterocycles. The van der Waals surface area contributed by atoms with E-state index in [0.29, 0.717) is 5.39 Å². The Morgan fingerprint density at radius 1 is 1.05 bits per heavy atom. The summed E-state index contributed by atoms with van der Waals surface area (Å²) in [6.45, 7) is 2.02. The molecular formula is C17H14FNO. The Hall–Kier alpha value is -2.42. The lowest BCUT2D eigenvalue weighted by Gasteiger charge is -2.10. The molecule has 100 valence electrons. The number of aromatic nitrogens is 1. The predicted octanol–water partition coefficient (Wildman–Crippen LogP) is 3.65. The van der Waals surface area contributed by atoms with Crippen molar-refractivity contribution in [1.29, 1.82) is 0 Å². The van der Waals surface area contributed by atoms with Crippen LogP contribution in [0.15, 0.2) is 53.5 Å². The van der Waals surface area contributed by atoms with E-state index < -0.39 is 5.82 Å². The number of aryl methyl sites for hydroxylation is 2. The lowest BCUT2D eigenvalue weighted by molar-refractivity contribution is 0.629. The monoisotopic (exact) mass is 267 g/mol. The second-order valence-corrected chi connectivity index (χ2v) is 5.02. The maximum atomic E-state index is 13.4. The van der Waals surface area contributed by atoms with Gasteiger partial charge >= 0.3 is 0 Å². The molecule has 0 spiro atoms. The summed E-state index contributed by atoms with van der Waals surface area (Å²) in [6, 6.07) is 12.4. The van der Waals surface area contributed by atoms with E-state index in [1.54, 1.807) is 19.3 Å². The summed E-state index contributed by atoms with van der Waals surface area (Å²) >= 11 is 0. The number of hydrogen-bond acceptors (Lipinski definition) is 1. The van der Waals surface area contributed by atoms with Crippen LogP contribution >= 0.6 is 0 Å². The fourth-order valence-corrected chi connectivity index (χ4v) is 2.48. The third-order valence-corrected chi connectivity index (χ3v) is 3.47. The molecule has 0 aliphatic carbocycles. The van der Waals surface area contributed by atoms with Crippen LogP contribution in [0, 0.1) is 12.7 Å². The van der Waals surface area contributed by atoms with Crippen molar-refractivity contribution in [3.63, 3.8) is 0 Å². The molecule has 0 saturated carbocycles. The van der Waals surface area contributed by atoms with Crippen molar-refractivity contribution in [3.8, 4) is 11.1 Å². The summed E-state index contributed by atoms with van der Waals surface area (Å²) in [5.74, 6) is -0.393. The Morgan fingerprint density at radius 3 is 2.60 bits per heavy atom. The zero-order chi connectivity index (χ0) is 14.3. The van der Waals surface area contributed by atoms with Crippen molar-refractivity contribution in [3.05, 3.63) is 70.4 Å². The second-order valence-electron chi connectivity index (χ2n) is 5.02. The first-order valence-electron chi connectivity index (χ1n) is 6.42. The molecule has 0 radical (unpaired) electrons. The molecule has 0 bridgehead atoms. The average Bonchev–Trinajstić information content (AvgIpc) is 2.43. The SMILES string of the molecule is Cc1cccc(-c2cn(C)c(=O)c3cc(F)ccc23)c1. The molecule has 0 aliphatic rings. The first-order chi connectivity index (χ1) is 9.56. The Bertz CT molecular complexity index is 864. The largest absolute Gasteiger partial charge is 0.317 e. The molecule has 1 aromatic heterocycles. The predicted molar refractivity (Wildman–Crippen MR) is 79.3 cm³/mol. The van der Waals surface area contributed by atoms with E-state index in [9.17, 15) is 9.18 Å². The van der Waals surface area contributed by atoms with Gasteiger partial charge in [-0.1, -0.05) is 35.9 Å². The minimum atomic E-state index is -0.393. The van der Waals surface area contributed by atoms with Crippen LogP contribution in [0.5, 0.6) is 0 Å². The highest BCUT2D eigenvalue weighted by Crippen LogP contribution is 2.27. The first-order valence-corrected chi connectivity index (χ1v) is 6.42. The van der Waals surface area contributed by atoms with Gasteiger partial charge in [-0.3, -0.25) is 4.79 Å². The van der Waals surface area contributed by atoms with E-state index in [4.69, 9.17) is 0 Å². The minimum absolute atomic E-state index is 0.184. The molecule has 3 rings (SSSR count). The van der Waals surface area contributed by atoms with Gasteiger partial charge in [0.05, 0.1) is 5.39 Å². The summed E-state index contributed by atoms with van der Waals surface area (Å²) in [5.41, 5.74) is 2.92. The van der Waals surface area contributed by atoms with Gasteiger partial charge in [-0.15, -0.1) is 0 Å². The van der Waals surface area contributed by atoms with Crippen molar-refractivity contribution in [2.75, 3.05) is 0 Å². The Morgan fingerprint density at radius 2 is 1.85 bits per heavy atom. The van der Waals surface area contributed by atoms with E-state index in [0.717, 1.165) is 22.1 Å². The molecule has 0 aliphatic heterocycles. The molecule has 0 saturated heterocycles. The van der Waals surface area contributed by atoms with Gasteiger partial charge in [0.1, 0.15) is 5.82 Å². The highest BCUT2D eigenvalue weighted by Gasteiger charge is 2.10. The van der Waals surface area contributed by atoms with E-state index in [-0.39, 0.29) is 5.56 Å². The molecule has 0 unspecified atom stereocenters. The summed E-state index contributed by atoms with van der Waals surface area (Å²) < 4.78 is 14.9. The molecule has 0 atom stereocenters. The number of pyridine rings is 1. The highest BCUT2D eigenvalue weighted by molar-refractivity contribution is 5.95. The summed E-state index contributed by atoms with van der Waals surface area (Å²) in [4.78, 5) is 12.1. The normalized spacial score (nSPS) is 10.9. The maximum absolute atomic E-state index is 13.4. The van der Waals surface area contributed by atoms with E-state index in [1.165, 1.54) is 16.7 Å². The van der Waals surface area contributed by atoms with Crippen LogP contribution in [0.3, 0.4) is 0 Å². The zero-order valence-electron chi connectivity index (χ0n) is 11.4. The van der Waals surface area contributed by atoms with Crippen molar-refractivity contribution >= 4 is 10.8 Å². The number of rotatable bonds is 1. The quantitative estimate of drug-likeness (QED) is 0.659. The fraction of sp³-hybridized carbons (Fsp3) is 0.118. The van der Waals surface area contributed by atoms with Gasteiger partial charge in [0.15, 0.2) is 0 Å². The van der Waals surface area contributed by atoms with Crippen LogP contribution in [0.1, 0.15) is 5.56 Å². The van der Waals surface area contributed by atoms with Crippen molar-refractivity contribution < 1.29 is 4.39 Å². The number of benzene rings is 2. The first kappa shape index (κ1) is 12.6. The number of fused-ring (bicyclic) bond motifs is 1. The number of halogens is 1. The van der Waals surface area contributed by atoms with Gasteiger partial charge in [0.2, 0.25) is 0 Å². The molecule has 3 heteroatoms. The molecule has 20 heavy (non-hydrogen) atoms. The molecular weight excluding hydrogens is 253 g/mol. The van der Waals surface area contributed by atoms with Crippen molar-refractivity contribution in [2.45, 2.75) is 6.92 Å². The second kappa shape index (κ2) is 4.60. The molecule has 2 nitrogen and oxygen atoms in total. The van der Waals surface area contributed by atoms with Crippen molar-refractivity contribution in [2.24, 2.45) is 7.05 Å². The molecule has 0 amide bonds. The summed E-state index contributed by atoms with van der Waals surface area (Å²) in [5, 5.41) is 1.19. The standard InChI is InChI=1S/C17H14FNO/c1-11-4-3-5-12(8-11)16-10-19(2)17(20)15-9-13(18)6-7-14(15)16/h3-10H,1-2H3. The zero-order valence-corrected chi connectivity index (χ0v) is 11.4. The van der Waals surface area contributed by atoms with E-state index in [2.05, 4.69) is 6.07 Å².